The van der Waals surface area contributed by atoms with Gasteiger partial charge >= 0.3 is 0 Å². The first kappa shape index (κ1) is 13.9. The highest BCUT2D eigenvalue weighted by Crippen LogP contribution is 2.12. The molecule has 1 N–H and O–H groups in total. The Kier molecular flexibility index (Phi) is 4.55. The number of nitrogens with one attached hydrogen (secondary N) is 1. The molecule has 2 aromatic rings. The second kappa shape index (κ2) is 6.56. The van der Waals surface area contributed by atoms with E-state index in [2.05, 4.69) is 10.5 Å². The zero-order chi connectivity index (χ0) is 14.4. The average molecular weight is 272 g/mol. The second-order valence-electron chi connectivity index (χ2n) is 4.07. The lowest BCUT2D eigenvalue weighted by Crippen LogP contribution is -2.19. The summed E-state index contributed by atoms with van der Waals surface area (Å²) in [5.41, 5.74) is 3.61. The van der Waals surface area contributed by atoms with E-state index in [1.54, 1.807) is 49.6 Å². The third-order valence-electron chi connectivity index (χ3n) is 2.63. The molecular formula is C15H16N2O3. The van der Waals surface area contributed by atoms with Gasteiger partial charge in [0.1, 0.15) is 17.2 Å². The Hall–Kier alpha value is -2.56. The molecule has 0 aliphatic carbocycles. The lowest BCUT2D eigenvalue weighted by atomic mass is 10.2. The Labute approximate surface area is 117 Å². The Morgan fingerprint density at radius 2 is 2.05 bits per heavy atom. The van der Waals surface area contributed by atoms with Crippen LogP contribution < -0.4 is 10.2 Å². The summed E-state index contributed by atoms with van der Waals surface area (Å²) in [5.74, 6) is 1.08. The maximum Gasteiger partial charge on any atom is 0.271 e. The summed E-state index contributed by atoms with van der Waals surface area (Å²) in [6.45, 7) is 4.27. The molecule has 0 unspecified atom stereocenters. The van der Waals surface area contributed by atoms with Crippen LogP contribution in [0.3, 0.4) is 0 Å². The number of furan rings is 1. The van der Waals surface area contributed by atoms with Crippen LogP contribution in [0.5, 0.6) is 5.75 Å². The van der Waals surface area contributed by atoms with Crippen LogP contribution in [0.15, 0.2) is 52.2 Å². The predicted molar refractivity (Wildman–Crippen MR) is 76.0 cm³/mol. The first-order valence-electron chi connectivity index (χ1n) is 6.32. The molecule has 5 nitrogen and oxygen atoms in total. The van der Waals surface area contributed by atoms with Gasteiger partial charge in [-0.25, -0.2) is 5.43 Å². The van der Waals surface area contributed by atoms with E-state index in [9.17, 15) is 4.79 Å². The average Bonchev–Trinajstić information content (AvgIpc) is 3.00. The van der Waals surface area contributed by atoms with E-state index in [-0.39, 0.29) is 5.91 Å². The van der Waals surface area contributed by atoms with Gasteiger partial charge in [0.15, 0.2) is 0 Å². The fourth-order valence-electron chi connectivity index (χ4n) is 1.61. The van der Waals surface area contributed by atoms with Gasteiger partial charge in [-0.2, -0.15) is 5.10 Å². The molecule has 0 fully saturated rings. The van der Waals surface area contributed by atoms with Crippen molar-refractivity contribution in [3.05, 3.63) is 54.0 Å². The highest BCUT2D eigenvalue weighted by atomic mass is 16.5. The third-order valence-corrected chi connectivity index (χ3v) is 2.63. The van der Waals surface area contributed by atoms with E-state index < -0.39 is 0 Å². The molecule has 20 heavy (non-hydrogen) atoms. The molecule has 2 rings (SSSR count). The van der Waals surface area contributed by atoms with Crippen molar-refractivity contribution in [2.75, 3.05) is 6.61 Å². The van der Waals surface area contributed by atoms with Gasteiger partial charge in [-0.15, -0.1) is 0 Å². The van der Waals surface area contributed by atoms with Gasteiger partial charge in [0.2, 0.25) is 0 Å². The third kappa shape index (κ3) is 3.47. The van der Waals surface area contributed by atoms with Crippen LogP contribution in [0.25, 0.3) is 0 Å². The van der Waals surface area contributed by atoms with E-state index in [4.69, 9.17) is 9.15 Å². The Morgan fingerprint density at radius 3 is 2.65 bits per heavy atom. The monoisotopic (exact) mass is 272 g/mol. The molecule has 0 atom stereocenters. The van der Waals surface area contributed by atoms with Crippen LogP contribution in [0, 0.1) is 0 Å². The topological polar surface area (TPSA) is 63.8 Å². The molecule has 0 saturated heterocycles. The summed E-state index contributed by atoms with van der Waals surface area (Å²) >= 11 is 0. The summed E-state index contributed by atoms with van der Waals surface area (Å²) in [5, 5.41) is 3.99. The minimum Gasteiger partial charge on any atom is -0.494 e. The molecule has 0 aliphatic heterocycles. The first-order chi connectivity index (χ1) is 9.70. The quantitative estimate of drug-likeness (QED) is 0.672. The number of hydrogen-bond acceptors (Lipinski definition) is 4. The van der Waals surface area contributed by atoms with Crippen molar-refractivity contribution >= 4 is 11.6 Å². The van der Waals surface area contributed by atoms with Crippen molar-refractivity contribution in [1.29, 1.82) is 0 Å². The first-order valence-corrected chi connectivity index (χ1v) is 6.32. The summed E-state index contributed by atoms with van der Waals surface area (Å²) in [6.07, 6.45) is 1.56. The summed E-state index contributed by atoms with van der Waals surface area (Å²) in [7, 11) is 0. The van der Waals surface area contributed by atoms with E-state index in [0.717, 1.165) is 5.75 Å². The molecule has 0 bridgehead atoms. The molecule has 104 valence electrons. The number of rotatable bonds is 5. The predicted octanol–water partition coefficient (Wildman–Crippen LogP) is 2.83. The normalized spacial score (nSPS) is 11.2. The van der Waals surface area contributed by atoms with Gasteiger partial charge in [0.25, 0.3) is 5.91 Å². The summed E-state index contributed by atoms with van der Waals surface area (Å²) < 4.78 is 10.5. The van der Waals surface area contributed by atoms with Crippen molar-refractivity contribution < 1.29 is 13.9 Å². The molecule has 1 aromatic carbocycles. The van der Waals surface area contributed by atoms with Crippen molar-refractivity contribution in [3.63, 3.8) is 0 Å². The van der Waals surface area contributed by atoms with Gasteiger partial charge in [-0.1, -0.05) is 0 Å². The fraction of sp³-hybridized carbons (Fsp3) is 0.200. The van der Waals surface area contributed by atoms with Crippen LogP contribution in [-0.4, -0.2) is 18.2 Å². The maximum atomic E-state index is 11.9. The number of amides is 1. The number of nitrogens with zero attached hydrogens (tertiary/aromatic N) is 1. The van der Waals surface area contributed by atoms with Crippen molar-refractivity contribution in [1.82, 2.24) is 5.43 Å². The number of carbonyl (C=O) groups is 1. The van der Waals surface area contributed by atoms with Gasteiger partial charge in [0.05, 0.1) is 12.9 Å². The Balaban J connectivity index is 1.99. The maximum absolute atomic E-state index is 11.9. The number of hydrazone groups is 1. The van der Waals surface area contributed by atoms with Crippen LogP contribution in [0.4, 0.5) is 0 Å². The Morgan fingerprint density at radius 1 is 1.30 bits per heavy atom. The van der Waals surface area contributed by atoms with E-state index >= 15 is 0 Å². The molecule has 1 heterocycles. The second-order valence-corrected chi connectivity index (χ2v) is 4.07. The zero-order valence-corrected chi connectivity index (χ0v) is 11.4. The van der Waals surface area contributed by atoms with E-state index in [0.29, 0.717) is 23.6 Å². The van der Waals surface area contributed by atoms with Crippen LogP contribution in [-0.2, 0) is 0 Å². The highest BCUT2D eigenvalue weighted by Gasteiger charge is 2.06. The number of carbonyl (C=O) groups excluding carboxylic acids is 1. The lowest BCUT2D eigenvalue weighted by molar-refractivity contribution is 0.0955. The molecule has 1 aromatic heterocycles. The minimum absolute atomic E-state index is 0.279. The zero-order valence-electron chi connectivity index (χ0n) is 11.4. The molecule has 0 aliphatic rings. The van der Waals surface area contributed by atoms with Gasteiger partial charge in [0, 0.05) is 5.56 Å². The van der Waals surface area contributed by atoms with Crippen molar-refractivity contribution in [2.24, 2.45) is 5.10 Å². The van der Waals surface area contributed by atoms with Crippen LogP contribution in [0.1, 0.15) is 30.0 Å². The number of hydrogen-bond donors (Lipinski definition) is 1. The van der Waals surface area contributed by atoms with Crippen molar-refractivity contribution in [3.8, 4) is 5.75 Å². The van der Waals surface area contributed by atoms with E-state index in [1.807, 2.05) is 6.92 Å². The van der Waals surface area contributed by atoms with Gasteiger partial charge in [-0.3, -0.25) is 4.79 Å². The SMILES string of the molecule is CCOc1ccc(C(=O)N/N=C(/C)c2ccco2)cc1. The molecule has 1 amide bonds. The molecule has 5 heteroatoms. The summed E-state index contributed by atoms with van der Waals surface area (Å²) in [6, 6.07) is 10.4. The van der Waals surface area contributed by atoms with Crippen LogP contribution in [0.2, 0.25) is 0 Å². The largest absolute Gasteiger partial charge is 0.494 e. The smallest absolute Gasteiger partial charge is 0.271 e. The molecule has 0 radical (unpaired) electrons. The molecule has 0 saturated carbocycles. The van der Waals surface area contributed by atoms with E-state index in [1.165, 1.54) is 0 Å². The summed E-state index contributed by atoms with van der Waals surface area (Å²) in [4.78, 5) is 11.9. The standard InChI is InChI=1S/C15H16N2O3/c1-3-19-13-8-6-12(7-9-13)15(18)17-16-11(2)14-5-4-10-20-14/h4-10H,3H2,1-2H3,(H,17,18)/b16-11-. The number of ether oxygens (including phenoxy) is 1. The van der Waals surface area contributed by atoms with Crippen LogP contribution >= 0.6 is 0 Å². The Bertz CT molecular complexity index is 586. The van der Waals surface area contributed by atoms with Gasteiger partial charge < -0.3 is 9.15 Å². The van der Waals surface area contributed by atoms with Crippen molar-refractivity contribution in [2.45, 2.75) is 13.8 Å². The lowest BCUT2D eigenvalue weighted by Gasteiger charge is -2.04. The van der Waals surface area contributed by atoms with Gasteiger partial charge in [-0.05, 0) is 50.2 Å². The fourth-order valence-corrected chi connectivity index (χ4v) is 1.61. The molecule has 0 spiro atoms. The highest BCUT2D eigenvalue weighted by molar-refractivity contribution is 5.99. The molecular weight excluding hydrogens is 256 g/mol. The number of benzene rings is 1. The minimum atomic E-state index is -0.279.